The molecule has 3 nitrogen and oxygen atoms in total. The molecule has 1 aliphatic carbocycles. The summed E-state index contributed by atoms with van der Waals surface area (Å²) in [5.74, 6) is 0. The molecule has 3 rings (SSSR count). The van der Waals surface area contributed by atoms with Gasteiger partial charge in [0.25, 0.3) is 0 Å². The number of hydrogen-bond donors (Lipinski definition) is 1. The fourth-order valence-electron chi connectivity index (χ4n) is 2.66. The molecule has 1 aromatic carbocycles. The van der Waals surface area contributed by atoms with Crippen molar-refractivity contribution >= 4 is 28.9 Å². The Morgan fingerprint density at radius 1 is 1.21 bits per heavy atom. The van der Waals surface area contributed by atoms with Crippen LogP contribution in [0.1, 0.15) is 31.7 Å². The number of nitrogens with two attached hydrogens (primary N) is 1. The first-order valence-electron chi connectivity index (χ1n) is 6.46. The molecule has 0 atom stereocenters. The summed E-state index contributed by atoms with van der Waals surface area (Å²) in [5, 5.41) is 5.64. The number of halogens is 2. The van der Waals surface area contributed by atoms with E-state index in [1.54, 1.807) is 6.07 Å². The summed E-state index contributed by atoms with van der Waals surface area (Å²) in [6.07, 6.45) is 6.77. The first kappa shape index (κ1) is 12.8. The number of rotatable bonds is 2. The van der Waals surface area contributed by atoms with E-state index < -0.39 is 0 Å². The standard InChI is InChI=1S/C14H15Cl2N3/c15-11-7-3-6-10(13(11)16)14-12(17)8-19(18-14)9-4-1-2-5-9/h3,6-9H,1-2,4-5,17H2. The summed E-state index contributed by atoms with van der Waals surface area (Å²) in [5.41, 5.74) is 8.24. The van der Waals surface area contributed by atoms with Crippen molar-refractivity contribution in [2.75, 3.05) is 5.73 Å². The van der Waals surface area contributed by atoms with Crippen molar-refractivity contribution in [1.82, 2.24) is 9.78 Å². The van der Waals surface area contributed by atoms with Crippen LogP contribution in [0.25, 0.3) is 11.3 Å². The topological polar surface area (TPSA) is 43.8 Å². The van der Waals surface area contributed by atoms with Crippen molar-refractivity contribution in [2.24, 2.45) is 0 Å². The fourth-order valence-corrected chi connectivity index (χ4v) is 3.05. The number of aromatic nitrogens is 2. The van der Waals surface area contributed by atoms with Crippen molar-refractivity contribution in [3.8, 4) is 11.3 Å². The molecule has 19 heavy (non-hydrogen) atoms. The highest BCUT2D eigenvalue weighted by Crippen LogP contribution is 2.37. The van der Waals surface area contributed by atoms with E-state index in [4.69, 9.17) is 28.9 Å². The predicted molar refractivity (Wildman–Crippen MR) is 79.6 cm³/mol. The number of anilines is 1. The molecule has 0 saturated heterocycles. The first-order chi connectivity index (χ1) is 9.16. The summed E-state index contributed by atoms with van der Waals surface area (Å²) in [4.78, 5) is 0. The van der Waals surface area contributed by atoms with E-state index in [-0.39, 0.29) is 0 Å². The van der Waals surface area contributed by atoms with E-state index in [1.165, 1.54) is 25.7 Å². The van der Waals surface area contributed by atoms with Crippen LogP contribution in [-0.2, 0) is 0 Å². The molecular weight excluding hydrogens is 281 g/mol. The Morgan fingerprint density at radius 3 is 2.68 bits per heavy atom. The summed E-state index contributed by atoms with van der Waals surface area (Å²) >= 11 is 12.3. The Balaban J connectivity index is 2.03. The van der Waals surface area contributed by atoms with Crippen LogP contribution < -0.4 is 5.73 Å². The van der Waals surface area contributed by atoms with Gasteiger partial charge < -0.3 is 5.73 Å². The van der Waals surface area contributed by atoms with Crippen molar-refractivity contribution in [3.63, 3.8) is 0 Å². The third-order valence-electron chi connectivity index (χ3n) is 3.67. The SMILES string of the molecule is Nc1cn(C2CCCC2)nc1-c1cccc(Cl)c1Cl. The molecule has 5 heteroatoms. The van der Waals surface area contributed by atoms with Gasteiger partial charge in [-0.15, -0.1) is 0 Å². The van der Waals surface area contributed by atoms with E-state index in [1.807, 2.05) is 23.0 Å². The smallest absolute Gasteiger partial charge is 0.117 e. The van der Waals surface area contributed by atoms with Crippen molar-refractivity contribution in [1.29, 1.82) is 0 Å². The van der Waals surface area contributed by atoms with Gasteiger partial charge in [-0.25, -0.2) is 0 Å². The zero-order chi connectivity index (χ0) is 13.4. The average molecular weight is 296 g/mol. The zero-order valence-corrected chi connectivity index (χ0v) is 12.0. The van der Waals surface area contributed by atoms with Crippen LogP contribution in [0.4, 0.5) is 5.69 Å². The van der Waals surface area contributed by atoms with Crippen LogP contribution in [-0.4, -0.2) is 9.78 Å². The minimum absolute atomic E-state index is 0.467. The van der Waals surface area contributed by atoms with Gasteiger partial charge in [-0.3, -0.25) is 4.68 Å². The second-order valence-electron chi connectivity index (χ2n) is 4.95. The number of hydrogen-bond acceptors (Lipinski definition) is 2. The molecule has 1 heterocycles. The summed E-state index contributed by atoms with van der Waals surface area (Å²) < 4.78 is 1.98. The molecule has 1 aliphatic rings. The normalized spacial score (nSPS) is 16.1. The average Bonchev–Trinajstić information content (AvgIpc) is 3.02. The van der Waals surface area contributed by atoms with Crippen molar-refractivity contribution < 1.29 is 0 Å². The molecule has 0 bridgehead atoms. The van der Waals surface area contributed by atoms with Crippen LogP contribution in [0.3, 0.4) is 0 Å². The maximum absolute atomic E-state index is 6.23. The molecule has 1 saturated carbocycles. The Bertz CT molecular complexity index is 601. The molecule has 0 radical (unpaired) electrons. The lowest BCUT2D eigenvalue weighted by Gasteiger charge is -2.08. The molecule has 0 spiro atoms. The molecular formula is C14H15Cl2N3. The van der Waals surface area contributed by atoms with Gasteiger partial charge in [0.15, 0.2) is 0 Å². The van der Waals surface area contributed by atoms with Gasteiger partial charge in [-0.05, 0) is 18.9 Å². The third-order valence-corrected chi connectivity index (χ3v) is 4.48. The number of nitrogens with zero attached hydrogens (tertiary/aromatic N) is 2. The first-order valence-corrected chi connectivity index (χ1v) is 7.21. The van der Waals surface area contributed by atoms with Gasteiger partial charge in [0.1, 0.15) is 5.69 Å². The van der Waals surface area contributed by atoms with E-state index in [2.05, 4.69) is 5.10 Å². The predicted octanol–water partition coefficient (Wildman–Crippen LogP) is 4.55. The Morgan fingerprint density at radius 2 is 1.95 bits per heavy atom. The monoisotopic (exact) mass is 295 g/mol. The maximum Gasteiger partial charge on any atom is 0.117 e. The van der Waals surface area contributed by atoms with Gasteiger partial charge in [0, 0.05) is 11.8 Å². The molecule has 0 amide bonds. The Kier molecular flexibility index (Phi) is 3.42. The van der Waals surface area contributed by atoms with Crippen molar-refractivity contribution in [2.45, 2.75) is 31.7 Å². The Hall–Kier alpha value is -1.19. The minimum atomic E-state index is 0.467. The van der Waals surface area contributed by atoms with Gasteiger partial charge >= 0.3 is 0 Å². The zero-order valence-electron chi connectivity index (χ0n) is 10.4. The van der Waals surface area contributed by atoms with Crippen LogP contribution in [0, 0.1) is 0 Å². The quantitative estimate of drug-likeness (QED) is 0.883. The molecule has 1 fully saturated rings. The van der Waals surface area contributed by atoms with Crippen LogP contribution in [0.15, 0.2) is 24.4 Å². The van der Waals surface area contributed by atoms with Crippen LogP contribution in [0.2, 0.25) is 10.0 Å². The minimum Gasteiger partial charge on any atom is -0.396 e. The lowest BCUT2D eigenvalue weighted by atomic mass is 10.1. The molecule has 100 valence electrons. The van der Waals surface area contributed by atoms with Gasteiger partial charge in [0.05, 0.1) is 21.8 Å². The molecule has 0 aliphatic heterocycles. The van der Waals surface area contributed by atoms with E-state index in [0.717, 1.165) is 11.3 Å². The van der Waals surface area contributed by atoms with E-state index in [0.29, 0.717) is 21.8 Å². The van der Waals surface area contributed by atoms with Crippen molar-refractivity contribution in [3.05, 3.63) is 34.4 Å². The lowest BCUT2D eigenvalue weighted by Crippen LogP contribution is -2.04. The van der Waals surface area contributed by atoms with E-state index in [9.17, 15) is 0 Å². The summed E-state index contributed by atoms with van der Waals surface area (Å²) in [7, 11) is 0. The fraction of sp³-hybridized carbons (Fsp3) is 0.357. The summed E-state index contributed by atoms with van der Waals surface area (Å²) in [6.45, 7) is 0. The second-order valence-corrected chi connectivity index (χ2v) is 5.74. The second kappa shape index (κ2) is 5.06. The van der Waals surface area contributed by atoms with Crippen LogP contribution in [0.5, 0.6) is 0 Å². The molecule has 2 aromatic rings. The van der Waals surface area contributed by atoms with Crippen LogP contribution >= 0.6 is 23.2 Å². The summed E-state index contributed by atoms with van der Waals surface area (Å²) in [6, 6.07) is 5.98. The number of nitrogen functional groups attached to an aromatic ring is 1. The number of benzene rings is 1. The lowest BCUT2D eigenvalue weighted by molar-refractivity contribution is 0.468. The highest BCUT2D eigenvalue weighted by atomic mass is 35.5. The highest BCUT2D eigenvalue weighted by Gasteiger charge is 2.20. The third kappa shape index (κ3) is 2.33. The molecule has 0 unspecified atom stereocenters. The van der Waals surface area contributed by atoms with Gasteiger partial charge in [0.2, 0.25) is 0 Å². The maximum atomic E-state index is 6.23. The molecule has 2 N–H and O–H groups in total. The largest absolute Gasteiger partial charge is 0.396 e. The highest BCUT2D eigenvalue weighted by molar-refractivity contribution is 6.43. The molecule has 1 aromatic heterocycles. The Labute approximate surface area is 122 Å². The van der Waals surface area contributed by atoms with Gasteiger partial charge in [-0.2, -0.15) is 5.10 Å². The van der Waals surface area contributed by atoms with Gasteiger partial charge in [-0.1, -0.05) is 48.2 Å². The van der Waals surface area contributed by atoms with E-state index >= 15 is 0 Å².